The van der Waals surface area contributed by atoms with Crippen LogP contribution in [0.3, 0.4) is 0 Å². The molecule has 0 bridgehead atoms. The van der Waals surface area contributed by atoms with Gasteiger partial charge in [0.15, 0.2) is 5.01 Å². The third-order valence-corrected chi connectivity index (χ3v) is 4.86. The lowest BCUT2D eigenvalue weighted by molar-refractivity contribution is 0.0655. The first-order chi connectivity index (χ1) is 11.3. The number of aliphatic hydroxyl groups is 1. The van der Waals surface area contributed by atoms with Crippen molar-refractivity contribution in [3.8, 4) is 11.8 Å². The van der Waals surface area contributed by atoms with Crippen molar-refractivity contribution in [2.75, 3.05) is 19.7 Å². The van der Waals surface area contributed by atoms with Gasteiger partial charge in [-0.05, 0) is 36.8 Å². The van der Waals surface area contributed by atoms with Gasteiger partial charge in [-0.1, -0.05) is 24.1 Å². The Hall–Kier alpha value is -2.16. The van der Waals surface area contributed by atoms with E-state index in [1.807, 2.05) is 35.2 Å². The molecule has 23 heavy (non-hydrogen) atoms. The molecule has 5 heteroatoms. The summed E-state index contributed by atoms with van der Waals surface area (Å²) in [6.45, 7) is 1.61. The first-order valence-electron chi connectivity index (χ1n) is 7.69. The molecule has 1 aliphatic rings. The molecule has 0 saturated carbocycles. The smallest absolute Gasteiger partial charge is 0.265 e. The van der Waals surface area contributed by atoms with Crippen molar-refractivity contribution in [1.82, 2.24) is 9.88 Å². The zero-order valence-electron chi connectivity index (χ0n) is 12.7. The van der Waals surface area contributed by atoms with E-state index in [-0.39, 0.29) is 12.5 Å². The van der Waals surface area contributed by atoms with E-state index in [2.05, 4.69) is 16.8 Å². The van der Waals surface area contributed by atoms with Crippen molar-refractivity contribution in [2.24, 2.45) is 5.92 Å². The van der Waals surface area contributed by atoms with Gasteiger partial charge < -0.3 is 10.0 Å². The van der Waals surface area contributed by atoms with Gasteiger partial charge in [0, 0.05) is 25.3 Å². The largest absolute Gasteiger partial charge is 0.396 e. The van der Waals surface area contributed by atoms with Crippen molar-refractivity contribution in [1.29, 1.82) is 0 Å². The molecule has 0 aliphatic carbocycles. The number of hydrogen-bond donors (Lipinski definition) is 1. The number of thiazole rings is 1. The molecule has 0 unspecified atom stereocenters. The highest BCUT2D eigenvalue weighted by molar-refractivity contribution is 7.14. The Morgan fingerprint density at radius 2 is 2.00 bits per heavy atom. The van der Waals surface area contributed by atoms with Crippen LogP contribution in [0.2, 0.25) is 0 Å². The van der Waals surface area contributed by atoms with E-state index in [4.69, 9.17) is 5.11 Å². The molecule has 4 nitrogen and oxygen atoms in total. The van der Waals surface area contributed by atoms with Crippen molar-refractivity contribution in [2.45, 2.75) is 12.8 Å². The summed E-state index contributed by atoms with van der Waals surface area (Å²) in [5.74, 6) is 6.41. The highest BCUT2D eigenvalue weighted by Gasteiger charge is 2.24. The summed E-state index contributed by atoms with van der Waals surface area (Å²) in [4.78, 5) is 19.2. The van der Waals surface area contributed by atoms with E-state index in [0.29, 0.717) is 28.9 Å². The van der Waals surface area contributed by atoms with E-state index in [9.17, 15) is 4.79 Å². The van der Waals surface area contributed by atoms with Gasteiger partial charge in [-0.25, -0.2) is 4.98 Å². The number of nitrogens with zero attached hydrogens (tertiary/aromatic N) is 2. The van der Waals surface area contributed by atoms with Gasteiger partial charge in [-0.15, -0.1) is 11.3 Å². The number of amides is 1. The molecule has 1 aliphatic heterocycles. The maximum absolute atomic E-state index is 12.5. The fraction of sp³-hybridized carbons (Fsp3) is 0.333. The van der Waals surface area contributed by atoms with Crippen LogP contribution in [-0.2, 0) is 0 Å². The first-order valence-corrected chi connectivity index (χ1v) is 8.51. The van der Waals surface area contributed by atoms with Crippen LogP contribution in [0.1, 0.15) is 33.1 Å². The molecule has 2 heterocycles. The average molecular weight is 326 g/mol. The van der Waals surface area contributed by atoms with Crippen LogP contribution in [0.15, 0.2) is 36.5 Å². The molecule has 3 rings (SSSR count). The van der Waals surface area contributed by atoms with Crippen LogP contribution < -0.4 is 0 Å². The van der Waals surface area contributed by atoms with Crippen LogP contribution in [0.25, 0.3) is 0 Å². The summed E-state index contributed by atoms with van der Waals surface area (Å²) in [5.41, 5.74) is 0.932. The van der Waals surface area contributed by atoms with E-state index in [1.54, 1.807) is 6.20 Å². The second-order valence-corrected chi connectivity index (χ2v) is 6.59. The number of carbonyl (C=O) groups excluding carboxylic acids is 1. The molecule has 0 spiro atoms. The highest BCUT2D eigenvalue weighted by atomic mass is 32.1. The van der Waals surface area contributed by atoms with E-state index in [0.717, 1.165) is 18.4 Å². The Balaban J connectivity index is 1.65. The third-order valence-electron chi connectivity index (χ3n) is 3.96. The lowest BCUT2D eigenvalue weighted by Gasteiger charge is -2.30. The number of hydrogen-bond acceptors (Lipinski definition) is 4. The monoisotopic (exact) mass is 326 g/mol. The van der Waals surface area contributed by atoms with Gasteiger partial charge in [-0.3, -0.25) is 4.79 Å². The maximum Gasteiger partial charge on any atom is 0.265 e. The fourth-order valence-electron chi connectivity index (χ4n) is 2.55. The second kappa shape index (κ2) is 7.40. The fourth-order valence-corrected chi connectivity index (χ4v) is 3.29. The molecule has 1 fully saturated rings. The first kappa shape index (κ1) is 15.7. The molecule has 1 amide bonds. The summed E-state index contributed by atoms with van der Waals surface area (Å²) in [6, 6.07) is 9.72. The van der Waals surface area contributed by atoms with Crippen LogP contribution >= 0.6 is 11.3 Å². The van der Waals surface area contributed by atoms with Crippen molar-refractivity contribution >= 4 is 17.2 Å². The quantitative estimate of drug-likeness (QED) is 0.862. The Kier molecular flexibility index (Phi) is 5.06. The minimum absolute atomic E-state index is 0.0200. The van der Waals surface area contributed by atoms with Crippen LogP contribution in [-0.4, -0.2) is 40.6 Å². The normalized spacial score (nSPS) is 15.1. The lowest BCUT2D eigenvalue weighted by Crippen LogP contribution is -2.38. The van der Waals surface area contributed by atoms with Crippen LogP contribution in [0, 0.1) is 17.8 Å². The molecule has 0 atom stereocenters. The summed E-state index contributed by atoms with van der Waals surface area (Å²) in [5, 5.41) is 9.82. The number of piperidine rings is 1. The van der Waals surface area contributed by atoms with Gasteiger partial charge in [0.1, 0.15) is 4.88 Å². The molecular formula is C18H18N2O2S. The van der Waals surface area contributed by atoms with Crippen molar-refractivity contribution in [3.63, 3.8) is 0 Å². The molecular weight excluding hydrogens is 308 g/mol. The average Bonchev–Trinajstić information content (AvgIpc) is 3.09. The minimum atomic E-state index is 0.0200. The van der Waals surface area contributed by atoms with Crippen LogP contribution in [0.5, 0.6) is 0 Å². The zero-order valence-corrected chi connectivity index (χ0v) is 13.6. The number of aliphatic hydroxyl groups excluding tert-OH is 1. The van der Waals surface area contributed by atoms with E-state index < -0.39 is 0 Å². The van der Waals surface area contributed by atoms with Crippen molar-refractivity contribution < 1.29 is 9.90 Å². The SMILES string of the molecule is O=C(c1cnc(C#Cc2ccccc2)s1)N1CCC(CO)CC1. The Bertz CT molecular complexity index is 722. The zero-order chi connectivity index (χ0) is 16.1. The second-order valence-electron chi connectivity index (χ2n) is 5.56. The number of carbonyl (C=O) groups is 1. The predicted molar refractivity (Wildman–Crippen MR) is 90.2 cm³/mol. The molecule has 1 N–H and O–H groups in total. The van der Waals surface area contributed by atoms with E-state index >= 15 is 0 Å². The summed E-state index contributed by atoms with van der Waals surface area (Å²) in [7, 11) is 0. The van der Waals surface area contributed by atoms with E-state index in [1.165, 1.54) is 11.3 Å². The number of benzene rings is 1. The lowest BCUT2D eigenvalue weighted by atomic mass is 9.98. The topological polar surface area (TPSA) is 53.4 Å². The summed E-state index contributed by atoms with van der Waals surface area (Å²) in [6.07, 6.45) is 3.34. The third kappa shape index (κ3) is 3.98. The van der Waals surface area contributed by atoms with Crippen LogP contribution in [0.4, 0.5) is 0 Å². The molecule has 1 aromatic carbocycles. The molecule has 1 aromatic heterocycles. The standard InChI is InChI=1S/C18H18N2O2S/c21-13-15-8-10-20(11-9-15)18(22)16-12-19-17(23-16)7-6-14-4-2-1-3-5-14/h1-5,12,15,21H,8-11,13H2. The number of aromatic nitrogens is 1. The van der Waals surface area contributed by atoms with Gasteiger partial charge in [0.25, 0.3) is 5.91 Å². The molecule has 1 saturated heterocycles. The van der Waals surface area contributed by atoms with Gasteiger partial charge in [0.2, 0.25) is 0 Å². The minimum Gasteiger partial charge on any atom is -0.396 e. The van der Waals surface area contributed by atoms with Gasteiger partial charge in [0.05, 0.1) is 6.20 Å². The number of likely N-dealkylation sites (tertiary alicyclic amines) is 1. The Morgan fingerprint density at radius 1 is 1.26 bits per heavy atom. The Morgan fingerprint density at radius 3 is 2.70 bits per heavy atom. The van der Waals surface area contributed by atoms with Gasteiger partial charge in [-0.2, -0.15) is 0 Å². The summed E-state index contributed by atoms with van der Waals surface area (Å²) >= 11 is 1.34. The molecule has 118 valence electrons. The van der Waals surface area contributed by atoms with Crippen molar-refractivity contribution in [3.05, 3.63) is 52.0 Å². The number of rotatable bonds is 2. The Labute approximate surface area is 139 Å². The van der Waals surface area contributed by atoms with Gasteiger partial charge >= 0.3 is 0 Å². The predicted octanol–water partition coefficient (Wildman–Crippen LogP) is 2.39. The highest BCUT2D eigenvalue weighted by Crippen LogP contribution is 2.21. The molecule has 2 aromatic rings. The summed E-state index contributed by atoms with van der Waals surface area (Å²) < 4.78 is 0. The molecule has 0 radical (unpaired) electrons. The maximum atomic E-state index is 12.5.